The summed E-state index contributed by atoms with van der Waals surface area (Å²) >= 11 is 0. The molecule has 2 saturated heterocycles. The van der Waals surface area contributed by atoms with Gasteiger partial charge in [0.1, 0.15) is 29.0 Å². The zero-order valence-corrected chi connectivity index (χ0v) is 21.8. The number of aliphatic hydroxyl groups is 1. The van der Waals surface area contributed by atoms with Crippen LogP contribution < -0.4 is 14.4 Å². The molecule has 0 amide bonds. The summed E-state index contributed by atoms with van der Waals surface area (Å²) in [5, 5.41) is 18.2. The number of hydrogen-bond donors (Lipinski definition) is 1. The molecule has 2 aliphatic heterocycles. The van der Waals surface area contributed by atoms with Crippen molar-refractivity contribution in [2.75, 3.05) is 38.8 Å². The lowest BCUT2D eigenvalue weighted by Crippen LogP contribution is -2.49. The van der Waals surface area contributed by atoms with E-state index in [1.54, 1.807) is 27.7 Å². The number of sulfone groups is 1. The first-order valence-electron chi connectivity index (χ1n) is 12.2. The molecule has 2 aromatic heterocycles. The van der Waals surface area contributed by atoms with Crippen molar-refractivity contribution in [3.05, 3.63) is 48.1 Å². The third-order valence-electron chi connectivity index (χ3n) is 6.72. The van der Waals surface area contributed by atoms with Gasteiger partial charge in [-0.3, -0.25) is 4.57 Å². The van der Waals surface area contributed by atoms with Gasteiger partial charge in [0.2, 0.25) is 5.95 Å². The van der Waals surface area contributed by atoms with Crippen LogP contribution in [0.3, 0.4) is 0 Å². The summed E-state index contributed by atoms with van der Waals surface area (Å²) in [5.74, 6) is 0.619. The third kappa shape index (κ3) is 5.15. The summed E-state index contributed by atoms with van der Waals surface area (Å²) in [6.45, 7) is 0.737. The number of para-hydroxylation sites is 1. The molecule has 3 atom stereocenters. The fourth-order valence-electron chi connectivity index (χ4n) is 4.93. The smallest absolute Gasteiger partial charge is 0.225 e. The highest BCUT2D eigenvalue weighted by Gasteiger charge is 2.38. The average Bonchev–Trinajstić information content (AvgIpc) is 3.58. The van der Waals surface area contributed by atoms with E-state index in [0.29, 0.717) is 36.0 Å². The second kappa shape index (κ2) is 10.8. The average molecular weight is 549 g/mol. The van der Waals surface area contributed by atoms with Crippen LogP contribution >= 0.6 is 0 Å². The maximum absolute atomic E-state index is 13.7. The highest BCUT2D eigenvalue weighted by molar-refractivity contribution is 7.91. The summed E-state index contributed by atoms with van der Waals surface area (Å²) in [6.07, 6.45) is 2.29. The van der Waals surface area contributed by atoms with E-state index in [0.717, 1.165) is 18.8 Å². The molecular weight excluding hydrogens is 519 g/mol. The van der Waals surface area contributed by atoms with Crippen LogP contribution in [0.4, 0.5) is 10.3 Å². The first-order chi connectivity index (χ1) is 18.3. The second-order valence-corrected chi connectivity index (χ2v) is 11.5. The Morgan fingerprint density at radius 3 is 2.47 bits per heavy atom. The molecule has 2 aliphatic rings. The number of piperidine rings is 1. The molecule has 38 heavy (non-hydrogen) atoms. The number of ether oxygens (including phenoxy) is 3. The van der Waals surface area contributed by atoms with E-state index in [1.165, 1.54) is 14.2 Å². The van der Waals surface area contributed by atoms with Crippen LogP contribution in [0.25, 0.3) is 5.69 Å². The van der Waals surface area contributed by atoms with Crippen molar-refractivity contribution < 1.29 is 32.1 Å². The maximum atomic E-state index is 13.7. The van der Waals surface area contributed by atoms with E-state index in [-0.39, 0.29) is 37.4 Å². The summed E-state index contributed by atoms with van der Waals surface area (Å²) < 4.78 is 59.5. The molecular formula is C24H29FN6O6S. The Morgan fingerprint density at radius 1 is 1.13 bits per heavy atom. The number of halogens is 1. The minimum Gasteiger partial charge on any atom is -0.494 e. The Hall–Kier alpha value is -3.36. The summed E-state index contributed by atoms with van der Waals surface area (Å²) in [5.41, 5.74) is 0.475. The Kier molecular flexibility index (Phi) is 7.45. The van der Waals surface area contributed by atoms with Gasteiger partial charge in [0, 0.05) is 19.7 Å². The van der Waals surface area contributed by atoms with Gasteiger partial charge in [0.05, 0.1) is 38.0 Å². The molecule has 0 unspecified atom stereocenters. The molecule has 0 aliphatic carbocycles. The Balaban J connectivity index is 1.51. The number of benzene rings is 1. The van der Waals surface area contributed by atoms with Gasteiger partial charge in [-0.05, 0) is 31.4 Å². The molecule has 0 saturated carbocycles. The van der Waals surface area contributed by atoms with E-state index in [4.69, 9.17) is 14.2 Å². The molecule has 4 heterocycles. The Morgan fingerprint density at radius 2 is 1.84 bits per heavy atom. The molecule has 0 bridgehead atoms. The number of aliphatic hydroxyl groups excluding tert-OH is 1. The Labute approximate surface area is 219 Å². The van der Waals surface area contributed by atoms with E-state index < -0.39 is 32.8 Å². The summed E-state index contributed by atoms with van der Waals surface area (Å²) in [7, 11) is -0.847. The van der Waals surface area contributed by atoms with Crippen molar-refractivity contribution >= 4 is 15.8 Å². The lowest BCUT2D eigenvalue weighted by molar-refractivity contribution is 0.103. The zero-order chi connectivity index (χ0) is 26.9. The molecule has 1 aromatic carbocycles. The standard InChI is InChI=1S/C24H29FN6O6S/c1-35-18-5-3-6-19(36-2)22(18)31-21(28-29-23(31)20-7-4-8-37-20)14-38(33,34)17-9-16(32)12-30(13-17)24-26-10-15(25)11-27-24/h3,5-6,10-11,16-17,20,32H,4,7-9,12-14H2,1-2H3/t16-,17-,20-/m1/s1. The first kappa shape index (κ1) is 26.3. The molecule has 5 rings (SSSR count). The summed E-state index contributed by atoms with van der Waals surface area (Å²) in [4.78, 5) is 9.43. The van der Waals surface area contributed by atoms with Crippen LogP contribution in [0.5, 0.6) is 11.5 Å². The van der Waals surface area contributed by atoms with Gasteiger partial charge in [-0.15, -0.1) is 10.2 Å². The molecule has 12 nitrogen and oxygen atoms in total. The first-order valence-corrected chi connectivity index (χ1v) is 13.9. The fourth-order valence-corrected chi connectivity index (χ4v) is 6.63. The van der Waals surface area contributed by atoms with Crippen LogP contribution in [0.1, 0.15) is 37.0 Å². The van der Waals surface area contributed by atoms with Gasteiger partial charge >= 0.3 is 0 Å². The van der Waals surface area contributed by atoms with Crippen molar-refractivity contribution in [1.29, 1.82) is 0 Å². The number of nitrogens with zero attached hydrogens (tertiary/aromatic N) is 6. The van der Waals surface area contributed by atoms with Crippen LogP contribution in [0.15, 0.2) is 30.6 Å². The van der Waals surface area contributed by atoms with Crippen LogP contribution in [0.2, 0.25) is 0 Å². The lowest BCUT2D eigenvalue weighted by Gasteiger charge is -2.35. The minimum absolute atomic E-state index is 0.0325. The normalized spacial score (nSPS) is 22.0. The van der Waals surface area contributed by atoms with Gasteiger partial charge in [-0.25, -0.2) is 22.8 Å². The van der Waals surface area contributed by atoms with E-state index in [1.807, 2.05) is 0 Å². The SMILES string of the molecule is COc1cccc(OC)c1-n1c(CS(=O)(=O)[C@@H]2C[C@@H](O)CN(c3ncc(F)cn3)C2)nnc1[C@H]1CCCO1. The topological polar surface area (TPSA) is 142 Å². The number of methoxy groups -OCH3 is 2. The van der Waals surface area contributed by atoms with Crippen LogP contribution in [0, 0.1) is 5.82 Å². The number of aromatic nitrogens is 5. The third-order valence-corrected chi connectivity index (χ3v) is 8.73. The van der Waals surface area contributed by atoms with E-state index in [2.05, 4.69) is 20.2 Å². The predicted octanol–water partition coefficient (Wildman–Crippen LogP) is 1.62. The van der Waals surface area contributed by atoms with Gasteiger partial charge < -0.3 is 24.2 Å². The Bertz CT molecular complexity index is 1360. The molecule has 2 fully saturated rings. The van der Waals surface area contributed by atoms with Crippen molar-refractivity contribution in [3.8, 4) is 17.2 Å². The van der Waals surface area contributed by atoms with Gasteiger partial charge in [0.15, 0.2) is 27.3 Å². The minimum atomic E-state index is -3.88. The van der Waals surface area contributed by atoms with E-state index >= 15 is 0 Å². The predicted molar refractivity (Wildman–Crippen MR) is 134 cm³/mol. The monoisotopic (exact) mass is 548 g/mol. The lowest BCUT2D eigenvalue weighted by atomic mass is 10.1. The maximum Gasteiger partial charge on any atom is 0.225 e. The number of rotatable bonds is 8. The largest absolute Gasteiger partial charge is 0.494 e. The zero-order valence-electron chi connectivity index (χ0n) is 21.0. The van der Waals surface area contributed by atoms with Crippen molar-refractivity contribution in [1.82, 2.24) is 24.7 Å². The summed E-state index contributed by atoms with van der Waals surface area (Å²) in [6, 6.07) is 5.25. The van der Waals surface area contributed by atoms with Crippen molar-refractivity contribution in [3.63, 3.8) is 0 Å². The second-order valence-electron chi connectivity index (χ2n) is 9.25. The van der Waals surface area contributed by atoms with E-state index in [9.17, 15) is 17.9 Å². The fraction of sp³-hybridized carbons (Fsp3) is 0.500. The van der Waals surface area contributed by atoms with Gasteiger partial charge in [-0.2, -0.15) is 0 Å². The molecule has 204 valence electrons. The molecule has 3 aromatic rings. The van der Waals surface area contributed by atoms with Crippen LogP contribution in [-0.2, 0) is 20.3 Å². The molecule has 14 heteroatoms. The highest BCUT2D eigenvalue weighted by atomic mass is 32.2. The highest BCUT2D eigenvalue weighted by Crippen LogP contribution is 2.38. The van der Waals surface area contributed by atoms with Gasteiger partial charge in [0.25, 0.3) is 0 Å². The quantitative estimate of drug-likeness (QED) is 0.439. The molecule has 1 N–H and O–H groups in total. The van der Waals surface area contributed by atoms with Gasteiger partial charge in [-0.1, -0.05) is 6.07 Å². The van der Waals surface area contributed by atoms with Crippen LogP contribution in [-0.4, -0.2) is 83.5 Å². The molecule has 0 spiro atoms. The number of β-amino-alcohol motifs (C(OH)–C–C–N with tert-alkyl or cyclic N) is 1. The van der Waals surface area contributed by atoms with Crippen molar-refractivity contribution in [2.45, 2.75) is 42.5 Å². The molecule has 0 radical (unpaired) electrons. The number of anilines is 1. The number of hydrogen-bond acceptors (Lipinski definition) is 11. The van der Waals surface area contributed by atoms with Crippen molar-refractivity contribution in [2.24, 2.45) is 0 Å².